The summed E-state index contributed by atoms with van der Waals surface area (Å²) < 4.78 is 5.22. The van der Waals surface area contributed by atoms with E-state index < -0.39 is 5.97 Å². The molecule has 0 aliphatic heterocycles. The predicted molar refractivity (Wildman–Crippen MR) is 78.2 cm³/mol. The van der Waals surface area contributed by atoms with Gasteiger partial charge in [-0.25, -0.2) is 4.98 Å². The molecule has 2 heterocycles. The Hall–Kier alpha value is -2.15. The molecule has 0 aliphatic rings. The molecule has 2 aromatic heterocycles. The smallest absolute Gasteiger partial charge is 0.305 e. The van der Waals surface area contributed by atoms with E-state index in [9.17, 15) is 9.59 Å². The van der Waals surface area contributed by atoms with E-state index in [-0.39, 0.29) is 24.1 Å². The second-order valence-electron chi connectivity index (χ2n) is 4.57. The maximum atomic E-state index is 12.1. The lowest BCUT2D eigenvalue weighted by Crippen LogP contribution is -2.36. The summed E-state index contributed by atoms with van der Waals surface area (Å²) in [5.74, 6) is -0.679. The van der Waals surface area contributed by atoms with Gasteiger partial charge in [0.05, 0.1) is 12.7 Å². The van der Waals surface area contributed by atoms with Gasteiger partial charge in [0.25, 0.3) is 5.91 Å². The topological polar surface area (TPSA) is 92.4 Å². The monoisotopic (exact) mass is 308 g/mol. The summed E-state index contributed by atoms with van der Waals surface area (Å²) in [6.45, 7) is 1.94. The Morgan fingerprint density at radius 2 is 2.33 bits per heavy atom. The van der Waals surface area contributed by atoms with Gasteiger partial charge in [-0.05, 0) is 18.6 Å². The summed E-state index contributed by atoms with van der Waals surface area (Å²) in [5.41, 5.74) is 0.276. The standard InChI is InChI=1S/C14H16N2O4S/c1-2-4-9(7-12(17)18)15-13(19)10-8-21-14(16-10)11-5-3-6-20-11/h3,5-6,8-9H,2,4,7H2,1H3,(H,15,19)(H,17,18). The van der Waals surface area contributed by atoms with Crippen molar-refractivity contribution in [2.24, 2.45) is 0 Å². The number of hydrogen-bond donors (Lipinski definition) is 2. The molecule has 0 saturated carbocycles. The lowest BCUT2D eigenvalue weighted by molar-refractivity contribution is -0.137. The van der Waals surface area contributed by atoms with E-state index in [4.69, 9.17) is 9.52 Å². The van der Waals surface area contributed by atoms with Crippen molar-refractivity contribution < 1.29 is 19.1 Å². The number of nitrogens with zero attached hydrogens (tertiary/aromatic N) is 1. The number of aliphatic carboxylic acids is 1. The van der Waals surface area contributed by atoms with E-state index in [1.54, 1.807) is 23.8 Å². The molecule has 7 heteroatoms. The Bertz CT molecular complexity index is 606. The Morgan fingerprint density at radius 3 is 2.95 bits per heavy atom. The van der Waals surface area contributed by atoms with Gasteiger partial charge in [-0.2, -0.15) is 0 Å². The van der Waals surface area contributed by atoms with Crippen molar-refractivity contribution in [1.29, 1.82) is 0 Å². The van der Waals surface area contributed by atoms with Crippen molar-refractivity contribution in [3.05, 3.63) is 29.5 Å². The third-order valence-corrected chi connectivity index (χ3v) is 3.72. The van der Waals surface area contributed by atoms with Crippen LogP contribution in [-0.4, -0.2) is 28.0 Å². The number of hydrogen-bond acceptors (Lipinski definition) is 5. The molecule has 0 fully saturated rings. The lowest BCUT2D eigenvalue weighted by atomic mass is 10.1. The van der Waals surface area contributed by atoms with Gasteiger partial charge in [0.1, 0.15) is 5.69 Å². The van der Waals surface area contributed by atoms with Crippen LogP contribution >= 0.6 is 11.3 Å². The van der Waals surface area contributed by atoms with Gasteiger partial charge in [0, 0.05) is 11.4 Å². The zero-order valence-electron chi connectivity index (χ0n) is 11.5. The van der Waals surface area contributed by atoms with Crippen LogP contribution in [-0.2, 0) is 4.79 Å². The van der Waals surface area contributed by atoms with Crippen LogP contribution in [0.3, 0.4) is 0 Å². The Morgan fingerprint density at radius 1 is 1.52 bits per heavy atom. The zero-order valence-corrected chi connectivity index (χ0v) is 12.4. The molecule has 0 aromatic carbocycles. The second kappa shape index (κ2) is 7.03. The van der Waals surface area contributed by atoms with Crippen LogP contribution in [0.25, 0.3) is 10.8 Å². The van der Waals surface area contributed by atoms with E-state index in [0.29, 0.717) is 17.2 Å². The summed E-state index contributed by atoms with van der Waals surface area (Å²) in [7, 11) is 0. The third-order valence-electron chi connectivity index (χ3n) is 2.86. The molecule has 2 aromatic rings. The van der Waals surface area contributed by atoms with Crippen LogP contribution < -0.4 is 5.32 Å². The normalized spacial score (nSPS) is 12.0. The van der Waals surface area contributed by atoms with Crippen LogP contribution in [0, 0.1) is 0 Å². The Balaban J connectivity index is 2.03. The number of amides is 1. The maximum Gasteiger partial charge on any atom is 0.305 e. The number of carbonyl (C=O) groups excluding carboxylic acids is 1. The van der Waals surface area contributed by atoms with Gasteiger partial charge >= 0.3 is 5.97 Å². The summed E-state index contributed by atoms with van der Waals surface area (Å²) >= 11 is 1.31. The molecule has 0 spiro atoms. The van der Waals surface area contributed by atoms with Crippen molar-refractivity contribution in [3.8, 4) is 10.8 Å². The fourth-order valence-corrected chi connectivity index (χ4v) is 2.70. The lowest BCUT2D eigenvalue weighted by Gasteiger charge is -2.14. The highest BCUT2D eigenvalue weighted by Crippen LogP contribution is 2.23. The number of carboxylic acid groups (broad SMARTS) is 1. The van der Waals surface area contributed by atoms with Crippen LogP contribution in [0.4, 0.5) is 0 Å². The van der Waals surface area contributed by atoms with Crippen molar-refractivity contribution in [2.75, 3.05) is 0 Å². The van der Waals surface area contributed by atoms with E-state index in [1.807, 2.05) is 6.92 Å². The minimum absolute atomic E-state index is 0.0885. The third kappa shape index (κ3) is 4.16. The molecular weight excluding hydrogens is 292 g/mol. The van der Waals surface area contributed by atoms with Gasteiger partial charge in [0.2, 0.25) is 0 Å². The van der Waals surface area contributed by atoms with E-state index in [1.165, 1.54) is 11.3 Å². The van der Waals surface area contributed by atoms with E-state index >= 15 is 0 Å². The van der Waals surface area contributed by atoms with Gasteiger partial charge in [-0.3, -0.25) is 9.59 Å². The summed E-state index contributed by atoms with van der Waals surface area (Å²) in [4.78, 5) is 27.1. The minimum atomic E-state index is -0.927. The molecule has 0 aliphatic carbocycles. The fraction of sp³-hybridized carbons (Fsp3) is 0.357. The molecule has 112 valence electrons. The SMILES string of the molecule is CCCC(CC(=O)O)NC(=O)c1csc(-c2ccco2)n1. The van der Waals surface area contributed by atoms with E-state index in [2.05, 4.69) is 10.3 Å². The number of furan rings is 1. The molecule has 2 N–H and O–H groups in total. The first-order chi connectivity index (χ1) is 10.1. The molecule has 1 atom stereocenters. The van der Waals surface area contributed by atoms with Gasteiger partial charge in [-0.1, -0.05) is 13.3 Å². The van der Waals surface area contributed by atoms with Gasteiger partial charge in [-0.15, -0.1) is 11.3 Å². The highest BCUT2D eigenvalue weighted by atomic mass is 32.1. The average molecular weight is 308 g/mol. The highest BCUT2D eigenvalue weighted by Gasteiger charge is 2.18. The van der Waals surface area contributed by atoms with Crippen molar-refractivity contribution in [1.82, 2.24) is 10.3 Å². The first-order valence-corrected chi connectivity index (χ1v) is 7.50. The molecule has 1 unspecified atom stereocenters. The minimum Gasteiger partial charge on any atom is -0.481 e. The van der Waals surface area contributed by atoms with Crippen molar-refractivity contribution in [2.45, 2.75) is 32.2 Å². The Kier molecular flexibility index (Phi) is 5.10. The summed E-state index contributed by atoms with van der Waals surface area (Å²) in [5, 5.41) is 13.8. The number of rotatable bonds is 7. The molecule has 0 saturated heterocycles. The van der Waals surface area contributed by atoms with Gasteiger partial charge < -0.3 is 14.8 Å². The van der Waals surface area contributed by atoms with Gasteiger partial charge in [0.15, 0.2) is 10.8 Å². The van der Waals surface area contributed by atoms with Crippen LogP contribution in [0.2, 0.25) is 0 Å². The number of thiazole rings is 1. The van der Waals surface area contributed by atoms with Crippen LogP contribution in [0.1, 0.15) is 36.7 Å². The molecule has 21 heavy (non-hydrogen) atoms. The average Bonchev–Trinajstić information content (AvgIpc) is 3.09. The number of nitrogens with one attached hydrogen (secondary N) is 1. The van der Waals surface area contributed by atoms with E-state index in [0.717, 1.165) is 6.42 Å². The molecule has 0 bridgehead atoms. The maximum absolute atomic E-state index is 12.1. The second-order valence-corrected chi connectivity index (χ2v) is 5.43. The Labute approximate surface area is 125 Å². The number of aromatic nitrogens is 1. The first kappa shape index (κ1) is 15.2. The quantitative estimate of drug-likeness (QED) is 0.820. The van der Waals surface area contributed by atoms with Crippen LogP contribution in [0.15, 0.2) is 28.2 Å². The summed E-state index contributed by atoms with van der Waals surface area (Å²) in [6.07, 6.45) is 2.87. The predicted octanol–water partition coefficient (Wildman–Crippen LogP) is 2.78. The molecule has 0 radical (unpaired) electrons. The molecule has 2 rings (SSSR count). The number of carbonyl (C=O) groups is 2. The fourth-order valence-electron chi connectivity index (χ4n) is 1.94. The highest BCUT2D eigenvalue weighted by molar-refractivity contribution is 7.13. The molecule has 6 nitrogen and oxygen atoms in total. The van der Waals surface area contributed by atoms with Crippen molar-refractivity contribution >= 4 is 23.2 Å². The molecule has 1 amide bonds. The largest absolute Gasteiger partial charge is 0.481 e. The zero-order chi connectivity index (χ0) is 15.2. The number of carboxylic acids is 1. The summed E-state index contributed by atoms with van der Waals surface area (Å²) in [6, 6.07) is 3.14. The van der Waals surface area contributed by atoms with Crippen LogP contribution in [0.5, 0.6) is 0 Å². The van der Waals surface area contributed by atoms with Crippen molar-refractivity contribution in [3.63, 3.8) is 0 Å². The molecular formula is C14H16N2O4S. The first-order valence-electron chi connectivity index (χ1n) is 6.62.